The second-order valence-electron chi connectivity index (χ2n) is 11.5. The molecule has 2 aromatic carbocycles. The number of anilines is 1. The topological polar surface area (TPSA) is 145 Å². The number of H-pyrrole nitrogens is 1. The van der Waals surface area contributed by atoms with Gasteiger partial charge in [0.25, 0.3) is 0 Å². The van der Waals surface area contributed by atoms with Crippen molar-refractivity contribution in [2.75, 3.05) is 18.8 Å². The summed E-state index contributed by atoms with van der Waals surface area (Å²) >= 11 is 0. The van der Waals surface area contributed by atoms with E-state index < -0.39 is 0 Å². The summed E-state index contributed by atoms with van der Waals surface area (Å²) in [6.45, 7) is 1.90. The molecule has 0 bridgehead atoms. The number of fused-ring (bicyclic) bond motifs is 2. The van der Waals surface area contributed by atoms with Crippen molar-refractivity contribution in [3.05, 3.63) is 66.2 Å². The van der Waals surface area contributed by atoms with Gasteiger partial charge in [-0.25, -0.2) is 19.6 Å². The average Bonchev–Trinajstić information content (AvgIpc) is 3.59. The molecule has 1 amide bonds. The van der Waals surface area contributed by atoms with Crippen molar-refractivity contribution >= 4 is 33.8 Å². The van der Waals surface area contributed by atoms with E-state index in [0.29, 0.717) is 11.9 Å². The summed E-state index contributed by atoms with van der Waals surface area (Å²) in [6, 6.07) is 17.3. The lowest BCUT2D eigenvalue weighted by Gasteiger charge is -2.40. The third-order valence-corrected chi connectivity index (χ3v) is 9.00. The number of nitrogens with two attached hydrogens (primary N) is 2. The zero-order chi connectivity index (χ0) is 27.9. The number of amides is 1. The maximum absolute atomic E-state index is 11.6. The fraction of sp³-hybridized carbons (Fsp3) is 0.387. The molecule has 0 radical (unpaired) electrons. The first kappa shape index (κ1) is 25.6. The van der Waals surface area contributed by atoms with Gasteiger partial charge in [-0.1, -0.05) is 36.4 Å². The van der Waals surface area contributed by atoms with Crippen molar-refractivity contribution in [2.24, 2.45) is 11.7 Å². The van der Waals surface area contributed by atoms with Gasteiger partial charge < -0.3 is 21.4 Å². The summed E-state index contributed by atoms with van der Waals surface area (Å²) < 4.78 is 2.08. The van der Waals surface area contributed by atoms with E-state index in [1.165, 1.54) is 11.9 Å². The summed E-state index contributed by atoms with van der Waals surface area (Å²) in [5.41, 5.74) is 17.6. The van der Waals surface area contributed by atoms with E-state index in [2.05, 4.69) is 54.9 Å². The lowest BCUT2D eigenvalue weighted by Crippen LogP contribution is -2.45. The summed E-state index contributed by atoms with van der Waals surface area (Å²) in [5.74, 6) is 1.24. The molecule has 5 aromatic rings. The van der Waals surface area contributed by atoms with Gasteiger partial charge in [0.15, 0.2) is 5.65 Å². The largest absolute Gasteiger partial charge is 0.383 e. The number of carbonyl (C=O) groups excluding carboxylic acids is 1. The van der Waals surface area contributed by atoms with E-state index in [-0.39, 0.29) is 17.9 Å². The van der Waals surface area contributed by atoms with Gasteiger partial charge in [-0.3, -0.25) is 4.79 Å². The molecule has 0 spiro atoms. The minimum Gasteiger partial charge on any atom is -0.383 e. The Labute approximate surface area is 238 Å². The van der Waals surface area contributed by atoms with E-state index in [1.54, 1.807) is 0 Å². The van der Waals surface area contributed by atoms with Crippen molar-refractivity contribution in [1.82, 2.24) is 34.6 Å². The third-order valence-electron chi connectivity index (χ3n) is 9.00. The number of primary amides is 1. The van der Waals surface area contributed by atoms with E-state index in [9.17, 15) is 4.79 Å². The third kappa shape index (κ3) is 4.93. The number of carbonyl (C=O) groups is 1. The summed E-state index contributed by atoms with van der Waals surface area (Å²) in [7, 11) is 0. The maximum Gasteiger partial charge on any atom is 0.220 e. The highest BCUT2D eigenvalue weighted by atomic mass is 16.1. The number of nitrogens with zero attached hydrogens (tertiary/aromatic N) is 6. The van der Waals surface area contributed by atoms with Crippen molar-refractivity contribution in [3.8, 4) is 11.3 Å². The Morgan fingerprint density at radius 3 is 2.46 bits per heavy atom. The Morgan fingerprint density at radius 2 is 1.71 bits per heavy atom. The van der Waals surface area contributed by atoms with Gasteiger partial charge in [-0.05, 0) is 69.3 Å². The molecule has 41 heavy (non-hydrogen) atoms. The molecule has 7 rings (SSSR count). The van der Waals surface area contributed by atoms with Crippen LogP contribution in [0.25, 0.3) is 33.3 Å². The van der Waals surface area contributed by atoms with E-state index >= 15 is 0 Å². The quantitative estimate of drug-likeness (QED) is 0.287. The predicted octanol–water partition coefficient (Wildman–Crippen LogP) is 4.22. The van der Waals surface area contributed by atoms with Crippen molar-refractivity contribution in [1.29, 1.82) is 0 Å². The molecule has 3 aromatic heterocycles. The minimum absolute atomic E-state index is 0.0257. The number of nitrogens with one attached hydrogen (secondary N) is 1. The number of imidazole rings is 1. The summed E-state index contributed by atoms with van der Waals surface area (Å²) in [5, 5.41) is 5.92. The average molecular weight is 550 g/mol. The first-order valence-electron chi connectivity index (χ1n) is 14.6. The van der Waals surface area contributed by atoms with Crippen LogP contribution in [0.15, 0.2) is 54.9 Å². The van der Waals surface area contributed by atoms with E-state index in [0.717, 1.165) is 97.2 Å². The van der Waals surface area contributed by atoms with Crippen molar-refractivity contribution in [3.63, 3.8) is 0 Å². The molecular formula is C31H35N9O. The second kappa shape index (κ2) is 10.6. The first-order chi connectivity index (χ1) is 20.0. The molecule has 10 heteroatoms. The molecule has 10 nitrogen and oxygen atoms in total. The summed E-state index contributed by atoms with van der Waals surface area (Å²) in [6.07, 6.45) is 8.22. The van der Waals surface area contributed by atoms with Crippen LogP contribution in [0.1, 0.15) is 56.0 Å². The standard InChI is InChI=1S/C31H35N9O/c32-29-27-28(21-6-11-24-25(17-21)37-26(36-24)16-19-4-2-1-3-5-19)38-40(31(27)35-18-34-29)23-9-7-22(8-10-23)39-14-12-20(13-15-39)30(33)41/h1-6,11,17-18,20,22-23H,7-10,12-16H2,(H2,33,41)(H,36,37)(H2,32,34,35)/t22-,23+. The van der Waals surface area contributed by atoms with Gasteiger partial charge in [-0.2, -0.15) is 5.10 Å². The van der Waals surface area contributed by atoms with Crippen LogP contribution in [0.5, 0.6) is 0 Å². The predicted molar refractivity (Wildman–Crippen MR) is 159 cm³/mol. The lowest BCUT2D eigenvalue weighted by molar-refractivity contribution is -0.123. The molecule has 1 saturated carbocycles. The maximum atomic E-state index is 11.6. The van der Waals surface area contributed by atoms with Gasteiger partial charge in [-0.15, -0.1) is 0 Å². The molecule has 2 aliphatic rings. The molecular weight excluding hydrogens is 514 g/mol. The van der Waals surface area contributed by atoms with Crippen LogP contribution in [0.3, 0.4) is 0 Å². The Kier molecular flexibility index (Phi) is 6.62. The summed E-state index contributed by atoms with van der Waals surface area (Å²) in [4.78, 5) is 31.4. The lowest BCUT2D eigenvalue weighted by atomic mass is 9.87. The number of likely N-dealkylation sites (tertiary alicyclic amines) is 1. The number of aromatic nitrogens is 6. The molecule has 210 valence electrons. The highest BCUT2D eigenvalue weighted by molar-refractivity contribution is 5.99. The van der Waals surface area contributed by atoms with Gasteiger partial charge in [0.2, 0.25) is 5.91 Å². The SMILES string of the molecule is NC(=O)C1CCN([C@H]2CC[C@@H](n3nc(-c4ccc5[nH]c(Cc6ccccc6)nc5c4)c4c(N)ncnc43)CC2)CC1. The molecule has 2 fully saturated rings. The van der Waals surface area contributed by atoms with Crippen molar-refractivity contribution < 1.29 is 4.79 Å². The number of rotatable bonds is 6. The molecule has 1 aliphatic carbocycles. The molecule has 1 aliphatic heterocycles. The highest BCUT2D eigenvalue weighted by Gasteiger charge is 2.32. The van der Waals surface area contributed by atoms with E-state index in [4.69, 9.17) is 21.5 Å². The molecule has 0 atom stereocenters. The number of aromatic amines is 1. The Morgan fingerprint density at radius 1 is 0.951 bits per heavy atom. The van der Waals surface area contributed by atoms with E-state index in [1.807, 2.05) is 18.2 Å². The van der Waals surface area contributed by atoms with Crippen LogP contribution >= 0.6 is 0 Å². The zero-order valence-electron chi connectivity index (χ0n) is 23.0. The van der Waals surface area contributed by atoms with Gasteiger partial charge in [0.05, 0.1) is 22.5 Å². The van der Waals surface area contributed by atoms with Gasteiger partial charge >= 0.3 is 0 Å². The van der Waals surface area contributed by atoms with Gasteiger partial charge in [0, 0.05) is 23.9 Å². The number of piperidine rings is 1. The number of benzene rings is 2. The fourth-order valence-corrected chi connectivity index (χ4v) is 6.75. The van der Waals surface area contributed by atoms with Gasteiger partial charge in [0.1, 0.15) is 23.7 Å². The van der Waals surface area contributed by atoms with Crippen LogP contribution in [0.4, 0.5) is 5.82 Å². The number of hydrogen-bond donors (Lipinski definition) is 3. The number of nitrogen functional groups attached to an aromatic ring is 1. The normalized spacial score (nSPS) is 20.6. The van der Waals surface area contributed by atoms with Crippen LogP contribution in [0.2, 0.25) is 0 Å². The smallest absolute Gasteiger partial charge is 0.220 e. The van der Waals surface area contributed by atoms with Crippen LogP contribution < -0.4 is 11.5 Å². The Balaban J connectivity index is 1.14. The molecule has 5 N–H and O–H groups in total. The van der Waals surface area contributed by atoms with Crippen molar-refractivity contribution in [2.45, 2.75) is 57.0 Å². The minimum atomic E-state index is -0.157. The van der Waals surface area contributed by atoms with Crippen LogP contribution in [-0.2, 0) is 11.2 Å². The number of hydrogen-bond acceptors (Lipinski definition) is 7. The molecule has 4 heterocycles. The second-order valence-corrected chi connectivity index (χ2v) is 11.5. The molecule has 0 unspecified atom stereocenters. The highest BCUT2D eigenvalue weighted by Crippen LogP contribution is 2.38. The molecule has 1 saturated heterocycles. The van der Waals surface area contributed by atoms with Crippen LogP contribution in [0, 0.1) is 5.92 Å². The zero-order valence-corrected chi connectivity index (χ0v) is 23.0. The monoisotopic (exact) mass is 549 g/mol. The Bertz CT molecular complexity index is 1690. The van der Waals surface area contributed by atoms with Crippen LogP contribution in [-0.4, -0.2) is 59.7 Å². The fourth-order valence-electron chi connectivity index (χ4n) is 6.75. The first-order valence-corrected chi connectivity index (χ1v) is 14.6. The Hall–Kier alpha value is -4.31.